The van der Waals surface area contributed by atoms with Gasteiger partial charge in [-0.05, 0) is 18.2 Å². The summed E-state index contributed by atoms with van der Waals surface area (Å²) in [6.07, 6.45) is 1.28. The van der Waals surface area contributed by atoms with Gasteiger partial charge in [-0.15, -0.1) is 0 Å². The number of hydrogen-bond acceptors (Lipinski definition) is 5. The maximum Gasteiger partial charge on any atom is 0.289 e. The number of H-pyrrole nitrogens is 1. The molecule has 0 fully saturated rings. The number of nitrogens with zero attached hydrogens (tertiary/aromatic N) is 2. The molecule has 100 valence electrons. The van der Waals surface area contributed by atoms with Crippen LogP contribution in [0.3, 0.4) is 0 Å². The van der Waals surface area contributed by atoms with Crippen LogP contribution in [-0.4, -0.2) is 23.5 Å². The topological polar surface area (TPSA) is 118 Å². The van der Waals surface area contributed by atoms with E-state index in [2.05, 4.69) is 14.9 Å². The first kappa shape index (κ1) is 13.3. The fraction of sp³-hybridized carbons (Fsp3) is 0. The van der Waals surface area contributed by atoms with Crippen LogP contribution in [-0.2, 0) is 10.0 Å². The number of nitrogens with one attached hydrogen (secondary N) is 2. The largest absolute Gasteiger partial charge is 0.289 e. The third kappa shape index (κ3) is 2.83. The highest BCUT2D eigenvalue weighted by atomic mass is 35.5. The highest BCUT2D eigenvalue weighted by Gasteiger charge is 2.18. The molecule has 0 aliphatic heterocycles. The molecule has 0 bridgehead atoms. The third-order valence-electron chi connectivity index (χ3n) is 2.16. The molecular weight excluding hydrogens is 296 g/mol. The van der Waals surface area contributed by atoms with E-state index in [0.29, 0.717) is 0 Å². The minimum atomic E-state index is -3.86. The SMILES string of the molecule is O=[N+]([O-])c1cc(NS(=O)(=O)c2ccn[nH]2)ccc1Cl. The molecule has 2 aromatic rings. The van der Waals surface area contributed by atoms with E-state index in [0.717, 1.165) is 6.07 Å². The summed E-state index contributed by atoms with van der Waals surface area (Å²) >= 11 is 5.63. The van der Waals surface area contributed by atoms with E-state index < -0.39 is 14.9 Å². The minimum Gasteiger partial charge on any atom is -0.278 e. The molecule has 8 nitrogen and oxygen atoms in total. The van der Waals surface area contributed by atoms with Gasteiger partial charge in [0.05, 0.1) is 16.8 Å². The smallest absolute Gasteiger partial charge is 0.278 e. The highest BCUT2D eigenvalue weighted by Crippen LogP contribution is 2.28. The van der Waals surface area contributed by atoms with Crippen molar-refractivity contribution >= 4 is 33.0 Å². The zero-order valence-electron chi connectivity index (χ0n) is 9.20. The number of nitro groups is 1. The first-order chi connectivity index (χ1) is 8.90. The van der Waals surface area contributed by atoms with Gasteiger partial charge in [0.1, 0.15) is 5.02 Å². The molecular formula is C9H7ClN4O4S. The lowest BCUT2D eigenvalue weighted by Gasteiger charge is -2.06. The molecule has 1 aromatic heterocycles. The van der Waals surface area contributed by atoms with Crippen LogP contribution >= 0.6 is 11.6 Å². The van der Waals surface area contributed by atoms with Gasteiger partial charge >= 0.3 is 0 Å². The average molecular weight is 303 g/mol. The van der Waals surface area contributed by atoms with Crippen LogP contribution in [0.25, 0.3) is 0 Å². The molecule has 1 aromatic carbocycles. The van der Waals surface area contributed by atoms with Gasteiger partial charge in [-0.3, -0.25) is 19.9 Å². The van der Waals surface area contributed by atoms with Crippen LogP contribution in [0, 0.1) is 10.1 Å². The Morgan fingerprint density at radius 3 is 2.68 bits per heavy atom. The fourth-order valence-electron chi connectivity index (χ4n) is 1.32. The summed E-state index contributed by atoms with van der Waals surface area (Å²) in [4.78, 5) is 10.00. The van der Waals surface area contributed by atoms with Gasteiger partial charge in [0, 0.05) is 6.07 Å². The molecule has 0 saturated carbocycles. The number of sulfonamides is 1. The molecule has 2 rings (SSSR count). The number of aromatic nitrogens is 2. The van der Waals surface area contributed by atoms with Gasteiger partial charge in [-0.25, -0.2) is 0 Å². The molecule has 1 heterocycles. The molecule has 0 saturated heterocycles. The second kappa shape index (κ2) is 4.86. The minimum absolute atomic E-state index is 0.0331. The lowest BCUT2D eigenvalue weighted by Crippen LogP contribution is -2.13. The van der Waals surface area contributed by atoms with Crippen molar-refractivity contribution in [3.8, 4) is 0 Å². The Morgan fingerprint density at radius 2 is 2.11 bits per heavy atom. The van der Waals surface area contributed by atoms with Gasteiger partial charge in [0.15, 0.2) is 5.03 Å². The van der Waals surface area contributed by atoms with Crippen LogP contribution in [0.5, 0.6) is 0 Å². The molecule has 2 N–H and O–H groups in total. The summed E-state index contributed by atoms with van der Waals surface area (Å²) in [6.45, 7) is 0. The molecule has 0 unspecified atom stereocenters. The van der Waals surface area contributed by atoms with Crippen molar-refractivity contribution in [2.24, 2.45) is 0 Å². The quantitative estimate of drug-likeness (QED) is 0.659. The molecule has 0 spiro atoms. The van der Waals surface area contributed by atoms with E-state index in [9.17, 15) is 18.5 Å². The third-order valence-corrected chi connectivity index (χ3v) is 3.79. The van der Waals surface area contributed by atoms with Crippen molar-refractivity contribution in [2.45, 2.75) is 5.03 Å². The predicted molar refractivity (Wildman–Crippen MR) is 67.5 cm³/mol. The van der Waals surface area contributed by atoms with E-state index in [1.165, 1.54) is 24.4 Å². The van der Waals surface area contributed by atoms with Crippen LogP contribution in [0.15, 0.2) is 35.5 Å². The molecule has 0 aliphatic rings. The summed E-state index contributed by atoms with van der Waals surface area (Å²) in [5, 5.41) is 16.3. The Hall–Kier alpha value is -2.13. The van der Waals surface area contributed by atoms with Crippen molar-refractivity contribution in [2.75, 3.05) is 4.72 Å². The normalized spacial score (nSPS) is 11.2. The van der Waals surface area contributed by atoms with Crippen LogP contribution in [0.1, 0.15) is 0 Å². The van der Waals surface area contributed by atoms with Crippen molar-refractivity contribution in [3.63, 3.8) is 0 Å². The molecule has 19 heavy (non-hydrogen) atoms. The van der Waals surface area contributed by atoms with Crippen molar-refractivity contribution in [1.82, 2.24) is 10.2 Å². The van der Waals surface area contributed by atoms with Crippen LogP contribution < -0.4 is 4.72 Å². The Kier molecular flexibility index (Phi) is 3.40. The molecule has 10 heteroatoms. The van der Waals surface area contributed by atoms with Gasteiger partial charge in [0.25, 0.3) is 15.7 Å². The molecule has 0 radical (unpaired) electrons. The fourth-order valence-corrected chi connectivity index (χ4v) is 2.47. The maximum absolute atomic E-state index is 11.8. The van der Waals surface area contributed by atoms with E-state index in [1.807, 2.05) is 0 Å². The number of nitro benzene ring substituents is 1. The Morgan fingerprint density at radius 1 is 1.37 bits per heavy atom. The zero-order chi connectivity index (χ0) is 14.0. The monoisotopic (exact) mass is 302 g/mol. The summed E-state index contributed by atoms with van der Waals surface area (Å²) in [6, 6.07) is 4.86. The molecule has 0 amide bonds. The van der Waals surface area contributed by atoms with Crippen molar-refractivity contribution in [1.29, 1.82) is 0 Å². The lowest BCUT2D eigenvalue weighted by atomic mass is 10.3. The van der Waals surface area contributed by atoms with Crippen LogP contribution in [0.2, 0.25) is 5.02 Å². The second-order valence-electron chi connectivity index (χ2n) is 3.45. The summed E-state index contributed by atoms with van der Waals surface area (Å²) in [5.41, 5.74) is -0.350. The van der Waals surface area contributed by atoms with E-state index >= 15 is 0 Å². The van der Waals surface area contributed by atoms with Gasteiger partial charge in [-0.2, -0.15) is 13.5 Å². The number of benzene rings is 1. The molecule has 0 atom stereocenters. The highest BCUT2D eigenvalue weighted by molar-refractivity contribution is 7.92. The number of aromatic amines is 1. The van der Waals surface area contributed by atoms with Gasteiger partial charge in [0.2, 0.25) is 0 Å². The summed E-state index contributed by atoms with van der Waals surface area (Å²) in [5.74, 6) is 0. The number of hydrogen-bond donors (Lipinski definition) is 2. The first-order valence-corrected chi connectivity index (χ1v) is 6.72. The Labute approximate surface area is 112 Å². The maximum atomic E-state index is 11.8. The average Bonchev–Trinajstić information content (AvgIpc) is 2.85. The Balaban J connectivity index is 2.35. The van der Waals surface area contributed by atoms with E-state index in [-0.39, 0.29) is 21.4 Å². The standard InChI is InChI=1S/C9H7ClN4O4S/c10-7-2-1-6(5-8(7)14(15)16)13-19(17,18)9-3-4-11-12-9/h1-5,13H,(H,11,12). The second-order valence-corrected chi connectivity index (χ2v) is 5.51. The number of halogens is 1. The summed E-state index contributed by atoms with van der Waals surface area (Å²) in [7, 11) is -3.86. The van der Waals surface area contributed by atoms with Crippen molar-refractivity contribution < 1.29 is 13.3 Å². The van der Waals surface area contributed by atoms with E-state index in [4.69, 9.17) is 11.6 Å². The molecule has 0 aliphatic carbocycles. The summed E-state index contributed by atoms with van der Waals surface area (Å²) < 4.78 is 25.9. The number of rotatable bonds is 4. The first-order valence-electron chi connectivity index (χ1n) is 4.86. The van der Waals surface area contributed by atoms with E-state index in [1.54, 1.807) is 0 Å². The predicted octanol–water partition coefficient (Wildman–Crippen LogP) is 1.77. The van der Waals surface area contributed by atoms with Crippen LogP contribution in [0.4, 0.5) is 11.4 Å². The Bertz CT molecular complexity index is 714. The van der Waals surface area contributed by atoms with Crippen molar-refractivity contribution in [3.05, 3.63) is 45.6 Å². The van der Waals surface area contributed by atoms with Gasteiger partial charge in [-0.1, -0.05) is 11.6 Å². The zero-order valence-corrected chi connectivity index (χ0v) is 10.8. The lowest BCUT2D eigenvalue weighted by molar-refractivity contribution is -0.384. The van der Waals surface area contributed by atoms with Gasteiger partial charge < -0.3 is 0 Å². The number of anilines is 1.